The third-order valence-electron chi connectivity index (χ3n) is 4.97. The number of nitrogens with one attached hydrogen (secondary N) is 1. The fourth-order valence-corrected chi connectivity index (χ4v) is 3.74. The van der Waals surface area contributed by atoms with E-state index in [0.29, 0.717) is 0 Å². The Hall–Kier alpha value is -2.04. The molecule has 138 valence electrons. The van der Waals surface area contributed by atoms with Crippen molar-refractivity contribution in [2.75, 3.05) is 5.32 Å². The van der Waals surface area contributed by atoms with Crippen LogP contribution in [0.4, 0.5) is 10.5 Å². The summed E-state index contributed by atoms with van der Waals surface area (Å²) in [7, 11) is 0. The highest BCUT2D eigenvalue weighted by atomic mass is 16.4. The highest BCUT2D eigenvalue weighted by Gasteiger charge is 2.42. The summed E-state index contributed by atoms with van der Waals surface area (Å²) in [5.74, 6) is -0.161. The van der Waals surface area contributed by atoms with Crippen LogP contribution in [-0.4, -0.2) is 33.6 Å². The normalized spacial score (nSPS) is 17.0. The van der Waals surface area contributed by atoms with Crippen LogP contribution in [0.25, 0.3) is 0 Å². The lowest BCUT2D eigenvalue weighted by molar-refractivity contribution is -0.125. The number of rotatable bonds is 4. The van der Waals surface area contributed by atoms with Crippen molar-refractivity contribution < 1.29 is 14.7 Å². The lowest BCUT2D eigenvalue weighted by Crippen LogP contribution is -2.58. The topological polar surface area (TPSA) is 69.6 Å². The van der Waals surface area contributed by atoms with E-state index in [1.165, 1.54) is 4.90 Å². The van der Waals surface area contributed by atoms with Crippen molar-refractivity contribution in [1.29, 1.82) is 0 Å². The maximum atomic E-state index is 13.1. The smallest absolute Gasteiger partial charge is 0.408 e. The van der Waals surface area contributed by atoms with E-state index in [1.54, 1.807) is 0 Å². The fourth-order valence-electron chi connectivity index (χ4n) is 3.74. The van der Waals surface area contributed by atoms with E-state index in [9.17, 15) is 14.7 Å². The molecule has 0 bridgehead atoms. The molecule has 0 aliphatic heterocycles. The predicted octanol–water partition coefficient (Wildman–Crippen LogP) is 4.66. The van der Waals surface area contributed by atoms with Gasteiger partial charge in [-0.25, -0.2) is 4.79 Å². The van der Waals surface area contributed by atoms with Crippen LogP contribution in [0, 0.1) is 12.8 Å². The maximum absolute atomic E-state index is 13.1. The van der Waals surface area contributed by atoms with E-state index in [1.807, 2.05) is 52.0 Å². The van der Waals surface area contributed by atoms with Crippen LogP contribution in [0.5, 0.6) is 0 Å². The molecular formula is C20H30N2O3. The molecule has 25 heavy (non-hydrogen) atoms. The summed E-state index contributed by atoms with van der Waals surface area (Å²) in [5.41, 5.74) is 1.07. The minimum Gasteiger partial charge on any atom is -0.465 e. The lowest BCUT2D eigenvalue weighted by Gasteiger charge is -2.43. The van der Waals surface area contributed by atoms with Gasteiger partial charge in [0.25, 0.3) is 0 Å². The number of para-hydroxylation sites is 1. The van der Waals surface area contributed by atoms with Crippen LogP contribution in [0.3, 0.4) is 0 Å². The molecule has 1 aromatic rings. The maximum Gasteiger partial charge on any atom is 0.408 e. The first kappa shape index (κ1) is 19.3. The summed E-state index contributed by atoms with van der Waals surface area (Å²) < 4.78 is 0. The predicted molar refractivity (Wildman–Crippen MR) is 99.8 cm³/mol. The van der Waals surface area contributed by atoms with Gasteiger partial charge in [0.05, 0.1) is 0 Å². The number of carbonyl (C=O) groups is 2. The van der Waals surface area contributed by atoms with Gasteiger partial charge in [0.15, 0.2) is 0 Å². The molecule has 1 aliphatic rings. The zero-order valence-corrected chi connectivity index (χ0v) is 15.7. The Labute approximate surface area is 150 Å². The molecule has 2 rings (SSSR count). The van der Waals surface area contributed by atoms with E-state index in [4.69, 9.17) is 0 Å². The monoisotopic (exact) mass is 346 g/mol. The Balaban J connectivity index is 2.34. The van der Waals surface area contributed by atoms with Crippen molar-refractivity contribution in [1.82, 2.24) is 4.90 Å². The average Bonchev–Trinajstić information content (AvgIpc) is 2.53. The molecule has 1 aromatic carbocycles. The zero-order chi connectivity index (χ0) is 18.6. The van der Waals surface area contributed by atoms with Gasteiger partial charge in [0, 0.05) is 11.2 Å². The van der Waals surface area contributed by atoms with E-state index in [-0.39, 0.29) is 11.8 Å². The second-order valence-electron chi connectivity index (χ2n) is 7.97. The molecule has 2 amide bonds. The number of nitrogens with zero attached hydrogens (tertiary/aromatic N) is 1. The van der Waals surface area contributed by atoms with Crippen molar-refractivity contribution >= 4 is 17.7 Å². The number of carbonyl (C=O) groups excluding carboxylic acids is 1. The molecule has 0 unspecified atom stereocenters. The Bertz CT molecular complexity index is 616. The van der Waals surface area contributed by atoms with Gasteiger partial charge in [-0.1, -0.05) is 37.5 Å². The molecule has 1 saturated carbocycles. The number of benzene rings is 1. The number of aryl methyl sites for hydroxylation is 1. The highest BCUT2D eigenvalue weighted by Crippen LogP contribution is 2.33. The first-order valence-corrected chi connectivity index (χ1v) is 9.10. The number of carboxylic acid groups (broad SMARTS) is 1. The fraction of sp³-hybridized carbons (Fsp3) is 0.600. The van der Waals surface area contributed by atoms with Crippen LogP contribution in [0.2, 0.25) is 0 Å². The van der Waals surface area contributed by atoms with Gasteiger partial charge >= 0.3 is 6.09 Å². The average molecular weight is 346 g/mol. The molecule has 1 atom stereocenters. The standard InChI is InChI=1S/C20H30N2O3/c1-14-10-8-9-13-16(14)21-18(23)17(15-11-6-5-7-12-15)22(19(24)25)20(2,3)4/h8-10,13,15,17H,5-7,11-12H2,1-4H3,(H,21,23)(H,24,25)/t17-/m1/s1. The second-order valence-corrected chi connectivity index (χ2v) is 7.97. The lowest BCUT2D eigenvalue weighted by atomic mass is 9.81. The molecule has 0 heterocycles. The second kappa shape index (κ2) is 7.89. The van der Waals surface area contributed by atoms with Gasteiger partial charge in [0.1, 0.15) is 6.04 Å². The van der Waals surface area contributed by atoms with Crippen LogP contribution in [0.15, 0.2) is 24.3 Å². The summed E-state index contributed by atoms with van der Waals surface area (Å²) in [6.45, 7) is 7.47. The van der Waals surface area contributed by atoms with E-state index in [0.717, 1.165) is 43.4 Å². The van der Waals surface area contributed by atoms with Crippen LogP contribution < -0.4 is 5.32 Å². The van der Waals surface area contributed by atoms with Crippen molar-refractivity contribution in [2.45, 2.75) is 71.4 Å². The molecule has 2 N–H and O–H groups in total. The van der Waals surface area contributed by atoms with E-state index < -0.39 is 17.7 Å². The zero-order valence-electron chi connectivity index (χ0n) is 15.7. The van der Waals surface area contributed by atoms with Gasteiger partial charge in [-0.2, -0.15) is 0 Å². The Morgan fingerprint density at radius 3 is 2.28 bits per heavy atom. The Morgan fingerprint density at radius 2 is 1.76 bits per heavy atom. The summed E-state index contributed by atoms with van der Waals surface area (Å²) in [6, 6.07) is 6.91. The summed E-state index contributed by atoms with van der Waals surface area (Å²) in [5, 5.41) is 12.8. The molecule has 5 heteroatoms. The molecule has 0 spiro atoms. The Kier molecular flexibility index (Phi) is 6.09. The number of anilines is 1. The van der Waals surface area contributed by atoms with Gasteiger partial charge in [0.2, 0.25) is 5.91 Å². The van der Waals surface area contributed by atoms with Gasteiger partial charge in [-0.05, 0) is 58.1 Å². The summed E-state index contributed by atoms with van der Waals surface area (Å²) in [4.78, 5) is 26.5. The summed E-state index contributed by atoms with van der Waals surface area (Å²) >= 11 is 0. The number of amides is 2. The Morgan fingerprint density at radius 1 is 1.16 bits per heavy atom. The summed E-state index contributed by atoms with van der Waals surface area (Å²) in [6.07, 6.45) is 4.01. The number of hydrogen-bond acceptors (Lipinski definition) is 2. The van der Waals surface area contributed by atoms with Crippen LogP contribution >= 0.6 is 0 Å². The molecule has 0 radical (unpaired) electrons. The van der Waals surface area contributed by atoms with Crippen molar-refractivity contribution in [2.24, 2.45) is 5.92 Å². The molecular weight excluding hydrogens is 316 g/mol. The van der Waals surface area contributed by atoms with Crippen molar-refractivity contribution in [3.05, 3.63) is 29.8 Å². The van der Waals surface area contributed by atoms with Gasteiger partial charge in [-0.3, -0.25) is 9.69 Å². The van der Waals surface area contributed by atoms with Gasteiger partial charge in [-0.15, -0.1) is 0 Å². The quantitative estimate of drug-likeness (QED) is 0.833. The molecule has 1 aliphatic carbocycles. The van der Waals surface area contributed by atoms with Crippen molar-refractivity contribution in [3.8, 4) is 0 Å². The third-order valence-corrected chi connectivity index (χ3v) is 4.97. The third kappa shape index (κ3) is 4.74. The number of hydrogen-bond donors (Lipinski definition) is 2. The SMILES string of the molecule is Cc1ccccc1NC(=O)[C@@H](C1CCCCC1)N(C(=O)O)C(C)(C)C. The van der Waals surface area contributed by atoms with E-state index >= 15 is 0 Å². The van der Waals surface area contributed by atoms with Gasteiger partial charge < -0.3 is 10.4 Å². The first-order chi connectivity index (χ1) is 11.7. The largest absolute Gasteiger partial charge is 0.465 e. The molecule has 5 nitrogen and oxygen atoms in total. The minimum absolute atomic E-state index is 0.0630. The van der Waals surface area contributed by atoms with Crippen LogP contribution in [0.1, 0.15) is 58.4 Å². The van der Waals surface area contributed by atoms with Crippen molar-refractivity contribution in [3.63, 3.8) is 0 Å². The molecule has 1 fully saturated rings. The van der Waals surface area contributed by atoms with Crippen LogP contribution in [-0.2, 0) is 4.79 Å². The minimum atomic E-state index is -1.04. The highest BCUT2D eigenvalue weighted by molar-refractivity contribution is 5.97. The van der Waals surface area contributed by atoms with E-state index in [2.05, 4.69) is 5.32 Å². The first-order valence-electron chi connectivity index (χ1n) is 9.10. The molecule has 0 saturated heterocycles. The molecule has 0 aromatic heterocycles.